The molecule has 0 spiro atoms. The molecule has 1 fully saturated rings. The molecule has 1 N–H and O–H groups in total. The fourth-order valence-corrected chi connectivity index (χ4v) is 5.68. The number of aliphatic imine (C=N–C) groups is 1. The van der Waals surface area contributed by atoms with Crippen molar-refractivity contribution in [1.82, 2.24) is 19.4 Å². The molecule has 2 aliphatic heterocycles. The standard InChI is InChI=1S/C26H35N5.C9H8N2/c1-5-9-23-20(6-2)18-21(19-31-13-12-27-24(31)7-3)22-10-8-11-28-25(22)26(23)30-16-14-29(4)15-17-30;1-2-11-9-5-3-8(7-10)4-6-9/h5-6,9,11-13,18,26H,2,7-8,10,14-17,19H2,1,3-4H3;2-6,11H,1H2/b9-5-;. The molecule has 2 aromatic rings. The summed E-state index contributed by atoms with van der Waals surface area (Å²) >= 11 is 0. The van der Waals surface area contributed by atoms with E-state index in [-0.39, 0.29) is 6.04 Å². The minimum atomic E-state index is 0.173. The summed E-state index contributed by atoms with van der Waals surface area (Å²) in [5, 5.41) is 11.4. The van der Waals surface area contributed by atoms with E-state index in [0.717, 1.165) is 63.5 Å². The zero-order chi connectivity index (χ0) is 29.9. The van der Waals surface area contributed by atoms with Crippen LogP contribution in [0.1, 0.15) is 38.1 Å². The van der Waals surface area contributed by atoms with E-state index in [1.54, 1.807) is 18.3 Å². The lowest BCUT2D eigenvalue weighted by Gasteiger charge is -2.39. The van der Waals surface area contributed by atoms with Gasteiger partial charge in [0.25, 0.3) is 0 Å². The summed E-state index contributed by atoms with van der Waals surface area (Å²) in [5.74, 6) is 1.13. The van der Waals surface area contributed by atoms with Crippen LogP contribution in [0.25, 0.3) is 0 Å². The number of rotatable bonds is 8. The van der Waals surface area contributed by atoms with Gasteiger partial charge in [0, 0.05) is 63.4 Å². The van der Waals surface area contributed by atoms with E-state index in [1.807, 2.05) is 30.5 Å². The molecule has 3 heterocycles. The first-order valence-corrected chi connectivity index (χ1v) is 14.8. The smallest absolute Gasteiger partial charge is 0.108 e. The topological polar surface area (TPSA) is 72.5 Å². The van der Waals surface area contributed by atoms with Crippen molar-refractivity contribution in [3.63, 3.8) is 0 Å². The number of hydrogen-bond donors (Lipinski definition) is 1. The van der Waals surface area contributed by atoms with Crippen LogP contribution in [-0.2, 0) is 13.0 Å². The molecule has 7 heteroatoms. The van der Waals surface area contributed by atoms with Gasteiger partial charge in [0.05, 0.1) is 23.4 Å². The van der Waals surface area contributed by atoms with Crippen LogP contribution in [0.3, 0.4) is 0 Å². The zero-order valence-corrected chi connectivity index (χ0v) is 25.3. The summed E-state index contributed by atoms with van der Waals surface area (Å²) < 4.78 is 2.28. The van der Waals surface area contributed by atoms with E-state index in [4.69, 9.17) is 10.3 Å². The van der Waals surface area contributed by atoms with E-state index < -0.39 is 0 Å². The molecular weight excluding hydrogens is 518 g/mol. The Bertz CT molecular complexity index is 1430. The number of likely N-dealkylation sites (N-methyl/N-ethyl adjacent to an activating group) is 1. The van der Waals surface area contributed by atoms with Gasteiger partial charge < -0.3 is 14.8 Å². The number of nitrogens with zero attached hydrogens (tertiary/aromatic N) is 6. The number of nitrogens with one attached hydrogen (secondary N) is 1. The van der Waals surface area contributed by atoms with Crippen LogP contribution in [0.5, 0.6) is 0 Å². The van der Waals surface area contributed by atoms with Gasteiger partial charge in [-0.2, -0.15) is 5.26 Å². The summed E-state index contributed by atoms with van der Waals surface area (Å²) in [6, 6.07) is 9.39. The number of allylic oxidation sites excluding steroid dienone is 6. The fourth-order valence-electron chi connectivity index (χ4n) is 5.68. The van der Waals surface area contributed by atoms with Gasteiger partial charge in [-0.15, -0.1) is 0 Å². The maximum absolute atomic E-state index is 8.47. The Morgan fingerprint density at radius 2 is 1.90 bits per heavy atom. The first-order valence-electron chi connectivity index (χ1n) is 14.8. The summed E-state index contributed by atoms with van der Waals surface area (Å²) in [7, 11) is 2.21. The van der Waals surface area contributed by atoms with Crippen molar-refractivity contribution < 1.29 is 0 Å². The lowest BCUT2D eigenvalue weighted by Crippen LogP contribution is -2.50. The summed E-state index contributed by atoms with van der Waals surface area (Å²) in [4.78, 5) is 14.6. The maximum atomic E-state index is 8.47. The molecule has 218 valence electrons. The highest BCUT2D eigenvalue weighted by molar-refractivity contribution is 5.67. The average Bonchev–Trinajstić information content (AvgIpc) is 3.43. The van der Waals surface area contributed by atoms with E-state index in [9.17, 15) is 0 Å². The summed E-state index contributed by atoms with van der Waals surface area (Å²) in [6.45, 7) is 17.1. The van der Waals surface area contributed by atoms with Crippen molar-refractivity contribution in [1.29, 1.82) is 5.26 Å². The highest BCUT2D eigenvalue weighted by Gasteiger charge is 2.33. The van der Waals surface area contributed by atoms with Crippen LogP contribution >= 0.6 is 0 Å². The SMILES string of the molecule is C=CC1=C(/C=C\C)C(N2CCN(C)CC2)C2=C(CCC=N2)C(Cn2ccnc2CC)=C1.C=CNc1ccc(C#N)cc1. The van der Waals surface area contributed by atoms with E-state index in [0.29, 0.717) is 5.56 Å². The van der Waals surface area contributed by atoms with Crippen molar-refractivity contribution in [3.05, 3.63) is 120 Å². The van der Waals surface area contributed by atoms with Crippen LogP contribution in [0.2, 0.25) is 0 Å². The molecule has 1 unspecified atom stereocenters. The molecule has 0 bridgehead atoms. The third-order valence-electron chi connectivity index (χ3n) is 7.88. The number of aryl methyl sites for hydroxylation is 1. The molecule has 1 aromatic heterocycles. The highest BCUT2D eigenvalue weighted by atomic mass is 15.3. The summed E-state index contributed by atoms with van der Waals surface area (Å²) in [5.41, 5.74) is 8.10. The molecule has 1 saturated heterocycles. The van der Waals surface area contributed by atoms with Gasteiger partial charge in [0.15, 0.2) is 0 Å². The summed E-state index contributed by atoms with van der Waals surface area (Å²) in [6.07, 6.45) is 19.5. The quantitative estimate of drug-likeness (QED) is 0.410. The third kappa shape index (κ3) is 7.33. The lowest BCUT2D eigenvalue weighted by atomic mass is 9.92. The first-order chi connectivity index (χ1) is 20.5. The monoisotopic (exact) mass is 561 g/mol. The normalized spacial score (nSPS) is 19.4. The Morgan fingerprint density at radius 3 is 2.55 bits per heavy atom. The van der Waals surface area contributed by atoms with Crippen molar-refractivity contribution in [2.75, 3.05) is 38.5 Å². The van der Waals surface area contributed by atoms with Gasteiger partial charge in [-0.1, -0.05) is 38.3 Å². The molecule has 3 aliphatic rings. The Balaban J connectivity index is 0.000000310. The average molecular weight is 562 g/mol. The predicted octanol–water partition coefficient (Wildman–Crippen LogP) is 6.29. The number of nitriles is 1. The molecule has 1 aliphatic carbocycles. The van der Waals surface area contributed by atoms with Crippen molar-refractivity contribution in [3.8, 4) is 6.07 Å². The second-order valence-electron chi connectivity index (χ2n) is 10.6. The molecular formula is C35H43N7. The third-order valence-corrected chi connectivity index (χ3v) is 7.88. The lowest BCUT2D eigenvalue weighted by molar-refractivity contribution is 0.138. The van der Waals surface area contributed by atoms with Gasteiger partial charge in [0.1, 0.15) is 5.82 Å². The number of hydrogen-bond acceptors (Lipinski definition) is 6. The Labute approximate surface area is 251 Å². The minimum Gasteiger partial charge on any atom is -0.362 e. The maximum Gasteiger partial charge on any atom is 0.108 e. The molecule has 1 atom stereocenters. The molecule has 0 amide bonds. The van der Waals surface area contributed by atoms with Crippen molar-refractivity contribution in [2.45, 2.75) is 45.7 Å². The van der Waals surface area contributed by atoms with Gasteiger partial charge in [0.2, 0.25) is 0 Å². The van der Waals surface area contributed by atoms with Crippen molar-refractivity contribution in [2.24, 2.45) is 4.99 Å². The first kappa shape index (κ1) is 30.7. The molecule has 0 radical (unpaired) electrons. The van der Waals surface area contributed by atoms with Crippen molar-refractivity contribution >= 4 is 11.9 Å². The predicted molar refractivity (Wildman–Crippen MR) is 174 cm³/mol. The Hall–Kier alpha value is -4.25. The molecule has 1 aromatic carbocycles. The Kier molecular flexibility index (Phi) is 11.0. The minimum absolute atomic E-state index is 0.173. The van der Waals surface area contributed by atoms with Crippen LogP contribution in [-0.4, -0.2) is 64.8 Å². The largest absolute Gasteiger partial charge is 0.362 e. The van der Waals surface area contributed by atoms with Crippen LogP contribution in [0, 0.1) is 11.3 Å². The number of aromatic nitrogens is 2. The number of piperazine rings is 1. The second-order valence-corrected chi connectivity index (χ2v) is 10.6. The van der Waals surface area contributed by atoms with E-state index >= 15 is 0 Å². The fraction of sp³-hybridized carbons (Fsp3) is 0.343. The number of anilines is 1. The number of benzene rings is 1. The highest BCUT2D eigenvalue weighted by Crippen LogP contribution is 2.38. The van der Waals surface area contributed by atoms with Gasteiger partial charge in [-0.05, 0) is 85.6 Å². The molecule has 42 heavy (non-hydrogen) atoms. The zero-order valence-electron chi connectivity index (χ0n) is 25.3. The Morgan fingerprint density at radius 1 is 1.14 bits per heavy atom. The van der Waals surface area contributed by atoms with Crippen LogP contribution < -0.4 is 5.32 Å². The second kappa shape index (κ2) is 15.1. The van der Waals surface area contributed by atoms with E-state index in [2.05, 4.69) is 89.4 Å². The van der Waals surface area contributed by atoms with E-state index in [1.165, 1.54) is 28.0 Å². The van der Waals surface area contributed by atoms with Crippen LogP contribution in [0.15, 0.2) is 113 Å². The molecule has 5 rings (SSSR count). The van der Waals surface area contributed by atoms with Crippen LogP contribution in [0.4, 0.5) is 5.69 Å². The number of imidazole rings is 1. The van der Waals surface area contributed by atoms with Gasteiger partial charge >= 0.3 is 0 Å². The molecule has 0 saturated carbocycles. The van der Waals surface area contributed by atoms with Gasteiger partial charge in [-0.25, -0.2) is 4.98 Å². The van der Waals surface area contributed by atoms with Gasteiger partial charge in [-0.3, -0.25) is 9.89 Å². The molecule has 7 nitrogen and oxygen atoms in total.